The quantitative estimate of drug-likeness (QED) is 0.704. The van der Waals surface area contributed by atoms with Gasteiger partial charge in [0, 0.05) is 0 Å². The first-order valence-corrected chi connectivity index (χ1v) is 6.16. The zero-order chi connectivity index (χ0) is 10.6. The molecule has 6 heteroatoms. The van der Waals surface area contributed by atoms with E-state index in [1.807, 2.05) is 13.8 Å². The molecule has 0 saturated carbocycles. The van der Waals surface area contributed by atoms with E-state index in [0.717, 1.165) is 6.26 Å². The maximum absolute atomic E-state index is 10.8. The van der Waals surface area contributed by atoms with Crippen molar-refractivity contribution in [1.29, 1.82) is 0 Å². The Bertz CT molecular complexity index is 273. The molecule has 0 aromatic carbocycles. The second-order valence-corrected chi connectivity index (χ2v) is 5.53. The molecular weight excluding hydrogens is 214 g/mol. The normalized spacial score (nSPS) is 14.5. The predicted molar refractivity (Wildman–Crippen MR) is 52.1 cm³/mol. The highest BCUT2D eigenvalue weighted by Gasteiger charge is 2.20. The largest absolute Gasteiger partial charge is 0.279 e. The van der Waals surface area contributed by atoms with Crippen LogP contribution in [0.25, 0.3) is 0 Å². The van der Waals surface area contributed by atoms with Crippen LogP contribution < -0.4 is 4.72 Å². The third-order valence-electron chi connectivity index (χ3n) is 1.34. The number of carbonyl (C=O) groups excluding carboxylic acids is 1. The van der Waals surface area contributed by atoms with Gasteiger partial charge in [0.1, 0.15) is 0 Å². The molecule has 13 heavy (non-hydrogen) atoms. The smallest absolute Gasteiger partial charge is 0.239 e. The fourth-order valence-electron chi connectivity index (χ4n) is 0.917. The van der Waals surface area contributed by atoms with Gasteiger partial charge in [-0.05, 0) is 23.9 Å². The van der Waals surface area contributed by atoms with E-state index >= 15 is 0 Å². The summed E-state index contributed by atoms with van der Waals surface area (Å²) in [5.41, 5.74) is 0. The number of hydrogen-bond acceptors (Lipinski definition) is 3. The Hall–Kier alpha value is -0.130. The zero-order valence-electron chi connectivity index (χ0n) is 7.87. The van der Waals surface area contributed by atoms with Crippen molar-refractivity contribution in [3.8, 4) is 0 Å². The molecule has 1 N–H and O–H groups in total. The van der Waals surface area contributed by atoms with Crippen LogP contribution in [0, 0.1) is 5.92 Å². The Kier molecular flexibility index (Phi) is 4.88. The molecule has 0 fully saturated rings. The number of sulfonamides is 1. The highest BCUT2D eigenvalue weighted by Crippen LogP contribution is 2.08. The van der Waals surface area contributed by atoms with Crippen LogP contribution in [0.3, 0.4) is 0 Å². The van der Waals surface area contributed by atoms with Gasteiger partial charge < -0.3 is 0 Å². The minimum Gasteiger partial charge on any atom is -0.279 e. The van der Waals surface area contributed by atoms with Crippen LogP contribution >= 0.6 is 11.6 Å². The molecule has 78 valence electrons. The summed E-state index contributed by atoms with van der Waals surface area (Å²) in [6.45, 7) is 3.77. The van der Waals surface area contributed by atoms with Crippen molar-refractivity contribution >= 4 is 26.9 Å². The highest BCUT2D eigenvalue weighted by molar-refractivity contribution is 7.88. The first-order chi connectivity index (χ1) is 5.72. The molecule has 0 aromatic heterocycles. The van der Waals surface area contributed by atoms with Crippen LogP contribution in [0.5, 0.6) is 0 Å². The average Bonchev–Trinajstić information content (AvgIpc) is 1.81. The third-order valence-corrected chi connectivity index (χ3v) is 2.31. The molecule has 0 amide bonds. The second-order valence-electron chi connectivity index (χ2n) is 3.38. The van der Waals surface area contributed by atoms with Gasteiger partial charge in [-0.1, -0.05) is 13.8 Å². The first-order valence-electron chi connectivity index (χ1n) is 3.89. The molecule has 0 rings (SSSR count). The van der Waals surface area contributed by atoms with E-state index in [1.165, 1.54) is 0 Å². The summed E-state index contributed by atoms with van der Waals surface area (Å²) in [7, 11) is -3.37. The molecule has 0 spiro atoms. The van der Waals surface area contributed by atoms with Crippen molar-refractivity contribution in [2.45, 2.75) is 26.3 Å². The van der Waals surface area contributed by atoms with Crippen LogP contribution in [-0.4, -0.2) is 26.0 Å². The Balaban J connectivity index is 4.37. The van der Waals surface area contributed by atoms with E-state index in [-0.39, 0.29) is 5.92 Å². The SMILES string of the molecule is CC(C)CC(NS(C)(=O)=O)C(=O)Cl. The van der Waals surface area contributed by atoms with Crippen LogP contribution in [0.15, 0.2) is 0 Å². The molecule has 0 heterocycles. The molecule has 1 atom stereocenters. The summed E-state index contributed by atoms with van der Waals surface area (Å²) >= 11 is 5.23. The molecular formula is C7H14ClNO3S. The van der Waals surface area contributed by atoms with Gasteiger partial charge in [0.05, 0.1) is 12.3 Å². The lowest BCUT2D eigenvalue weighted by Crippen LogP contribution is -2.39. The minimum atomic E-state index is -3.37. The van der Waals surface area contributed by atoms with Crippen molar-refractivity contribution in [2.24, 2.45) is 5.92 Å². The summed E-state index contributed by atoms with van der Waals surface area (Å²) in [5.74, 6) is 0.210. The lowest BCUT2D eigenvalue weighted by molar-refractivity contribution is -0.113. The van der Waals surface area contributed by atoms with Gasteiger partial charge in [0.2, 0.25) is 15.3 Å². The first kappa shape index (κ1) is 12.9. The number of halogens is 1. The predicted octanol–water partition coefficient (Wildman–Crippen LogP) is 0.716. The van der Waals surface area contributed by atoms with Gasteiger partial charge in [-0.2, -0.15) is 0 Å². The molecule has 4 nitrogen and oxygen atoms in total. The van der Waals surface area contributed by atoms with Crippen LogP contribution in [-0.2, 0) is 14.8 Å². The molecule has 0 aliphatic carbocycles. The monoisotopic (exact) mass is 227 g/mol. The van der Waals surface area contributed by atoms with Crippen molar-refractivity contribution in [2.75, 3.05) is 6.26 Å². The Morgan fingerprint density at radius 1 is 1.46 bits per heavy atom. The number of nitrogens with one attached hydrogen (secondary N) is 1. The average molecular weight is 228 g/mol. The summed E-state index contributed by atoms with van der Waals surface area (Å²) in [5, 5.41) is -0.667. The van der Waals surface area contributed by atoms with E-state index in [9.17, 15) is 13.2 Å². The fraction of sp³-hybridized carbons (Fsp3) is 0.857. The molecule has 0 aromatic rings. The number of rotatable bonds is 5. The van der Waals surface area contributed by atoms with Gasteiger partial charge in [-0.25, -0.2) is 13.1 Å². The zero-order valence-corrected chi connectivity index (χ0v) is 9.45. The maximum atomic E-state index is 10.8. The van der Waals surface area contributed by atoms with E-state index in [4.69, 9.17) is 11.6 Å². The molecule has 0 saturated heterocycles. The van der Waals surface area contributed by atoms with Crippen molar-refractivity contribution in [3.63, 3.8) is 0 Å². The van der Waals surface area contributed by atoms with E-state index in [2.05, 4.69) is 4.72 Å². The van der Waals surface area contributed by atoms with E-state index in [0.29, 0.717) is 6.42 Å². The standard InChI is InChI=1S/C7H14ClNO3S/c1-5(2)4-6(7(8)10)9-13(3,11)12/h5-6,9H,4H2,1-3H3. The summed E-state index contributed by atoms with van der Waals surface area (Å²) < 4.78 is 23.8. The van der Waals surface area contributed by atoms with Gasteiger partial charge in [0.15, 0.2) is 0 Å². The lowest BCUT2D eigenvalue weighted by Gasteiger charge is -2.14. The summed E-state index contributed by atoms with van der Waals surface area (Å²) in [4.78, 5) is 10.8. The fourth-order valence-corrected chi connectivity index (χ4v) is 1.85. The molecule has 0 bridgehead atoms. The number of hydrogen-bond donors (Lipinski definition) is 1. The Morgan fingerprint density at radius 3 is 2.15 bits per heavy atom. The van der Waals surface area contributed by atoms with Crippen LogP contribution in [0.2, 0.25) is 0 Å². The minimum absolute atomic E-state index is 0.210. The lowest BCUT2D eigenvalue weighted by atomic mass is 10.1. The number of carbonyl (C=O) groups is 1. The van der Waals surface area contributed by atoms with Gasteiger partial charge >= 0.3 is 0 Å². The van der Waals surface area contributed by atoms with E-state index in [1.54, 1.807) is 0 Å². The Labute approximate surface area is 83.7 Å². The highest BCUT2D eigenvalue weighted by atomic mass is 35.5. The van der Waals surface area contributed by atoms with Crippen LogP contribution in [0.4, 0.5) is 0 Å². The van der Waals surface area contributed by atoms with Gasteiger partial charge in [-0.15, -0.1) is 0 Å². The summed E-state index contributed by atoms with van der Waals surface area (Å²) in [6.07, 6.45) is 1.41. The third kappa shape index (κ3) is 6.98. The van der Waals surface area contributed by atoms with E-state index < -0.39 is 21.3 Å². The van der Waals surface area contributed by atoms with Crippen molar-refractivity contribution in [3.05, 3.63) is 0 Å². The van der Waals surface area contributed by atoms with Gasteiger partial charge in [0.25, 0.3) is 0 Å². The topological polar surface area (TPSA) is 63.2 Å². The van der Waals surface area contributed by atoms with Crippen molar-refractivity contribution < 1.29 is 13.2 Å². The molecule has 0 radical (unpaired) electrons. The van der Waals surface area contributed by atoms with Gasteiger partial charge in [-0.3, -0.25) is 4.79 Å². The summed E-state index contributed by atoms with van der Waals surface area (Å²) in [6, 6.07) is -0.809. The Morgan fingerprint density at radius 2 is 1.92 bits per heavy atom. The van der Waals surface area contributed by atoms with Crippen molar-refractivity contribution in [1.82, 2.24) is 4.72 Å². The molecule has 0 aliphatic rings. The molecule has 0 aliphatic heterocycles. The maximum Gasteiger partial charge on any atom is 0.239 e. The second kappa shape index (κ2) is 4.93. The van der Waals surface area contributed by atoms with Crippen LogP contribution in [0.1, 0.15) is 20.3 Å². The molecule has 1 unspecified atom stereocenters.